The quantitative estimate of drug-likeness (QED) is 0.0207. The predicted octanol–water partition coefficient (Wildman–Crippen LogP) is 9.83. The van der Waals surface area contributed by atoms with Gasteiger partial charge < -0.3 is 25.2 Å². The zero-order valence-corrected chi connectivity index (χ0v) is 33.7. The normalized spacial score (nSPS) is 14.3. The van der Waals surface area contributed by atoms with E-state index in [9.17, 15) is 34.1 Å². The number of hydrogen-bond acceptors (Lipinski definition) is 8. The van der Waals surface area contributed by atoms with Gasteiger partial charge in [-0.1, -0.05) is 127 Å². The number of carboxylic acids is 1. The molecule has 11 nitrogen and oxygen atoms in total. The second-order valence-electron chi connectivity index (χ2n) is 13.4. The van der Waals surface area contributed by atoms with Gasteiger partial charge in [-0.05, 0) is 70.6 Å². The molecular weight excluding hydrogens is 697 g/mol. The summed E-state index contributed by atoms with van der Waals surface area (Å²) in [5.41, 5.74) is 0. The number of phosphoric ester groups is 1. The lowest BCUT2D eigenvalue weighted by Gasteiger charge is -2.18. The fourth-order valence-corrected chi connectivity index (χ4v) is 5.98. The van der Waals surface area contributed by atoms with E-state index in [0.717, 1.165) is 89.9 Å². The Morgan fingerprint density at radius 1 is 0.623 bits per heavy atom. The molecule has 0 bridgehead atoms. The van der Waals surface area contributed by atoms with Crippen LogP contribution in [0.25, 0.3) is 0 Å². The summed E-state index contributed by atoms with van der Waals surface area (Å²) in [6, 6.07) is -1.55. The summed E-state index contributed by atoms with van der Waals surface area (Å²) in [6.45, 7) is 2.42. The molecule has 3 atom stereocenters. The minimum Gasteiger partial charge on any atom is -0.480 e. The van der Waals surface area contributed by atoms with Crippen LogP contribution in [0.5, 0.6) is 0 Å². The topological polar surface area (TPSA) is 169 Å². The van der Waals surface area contributed by atoms with Crippen LogP contribution in [0.15, 0.2) is 48.6 Å². The van der Waals surface area contributed by atoms with Crippen molar-refractivity contribution in [1.82, 2.24) is 5.32 Å². The smallest absolute Gasteiger partial charge is 0.472 e. The maximum absolute atomic E-state index is 12.3. The largest absolute Gasteiger partial charge is 0.480 e. The molecule has 0 saturated heterocycles. The van der Waals surface area contributed by atoms with Crippen molar-refractivity contribution in [3.8, 4) is 0 Å². The lowest BCUT2D eigenvalue weighted by Crippen LogP contribution is -2.43. The highest BCUT2D eigenvalue weighted by atomic mass is 31.2. The molecule has 0 aliphatic carbocycles. The number of carbonyl (C=O) groups excluding carboxylic acids is 2. The summed E-state index contributed by atoms with van der Waals surface area (Å²) in [5, 5.41) is 21.8. The molecule has 306 valence electrons. The number of nitrogens with one attached hydrogen (secondary N) is 1. The van der Waals surface area contributed by atoms with Gasteiger partial charge in [-0.3, -0.25) is 18.6 Å². The fourth-order valence-electron chi connectivity index (χ4n) is 5.20. The third-order valence-electron chi connectivity index (χ3n) is 8.35. The Morgan fingerprint density at radius 3 is 1.66 bits per heavy atom. The average Bonchev–Trinajstić information content (AvgIpc) is 3.13. The predicted molar refractivity (Wildman–Crippen MR) is 212 cm³/mol. The maximum Gasteiger partial charge on any atom is 0.472 e. The van der Waals surface area contributed by atoms with E-state index in [1.165, 1.54) is 32.1 Å². The zero-order chi connectivity index (χ0) is 39.3. The minimum absolute atomic E-state index is 0.133. The third-order valence-corrected chi connectivity index (χ3v) is 9.30. The summed E-state index contributed by atoms with van der Waals surface area (Å²) >= 11 is 0. The molecule has 0 aliphatic heterocycles. The Balaban J connectivity index is 3.98. The first-order chi connectivity index (χ1) is 25.6. The molecule has 4 N–H and O–H groups in total. The summed E-state index contributed by atoms with van der Waals surface area (Å²) in [5.74, 6) is -2.41. The monoisotopic (exact) mass is 769 g/mol. The van der Waals surface area contributed by atoms with Crippen molar-refractivity contribution >= 4 is 25.7 Å². The van der Waals surface area contributed by atoms with Crippen molar-refractivity contribution < 1.29 is 47.8 Å². The molecule has 0 aromatic carbocycles. The number of rotatable bonds is 37. The van der Waals surface area contributed by atoms with Crippen molar-refractivity contribution in [1.29, 1.82) is 0 Å². The molecule has 0 aromatic rings. The number of aliphatic carboxylic acids is 1. The van der Waals surface area contributed by atoms with Gasteiger partial charge in [-0.15, -0.1) is 0 Å². The van der Waals surface area contributed by atoms with Crippen LogP contribution in [-0.2, 0) is 32.7 Å². The van der Waals surface area contributed by atoms with Crippen LogP contribution in [-0.4, -0.2) is 64.9 Å². The second-order valence-corrected chi connectivity index (χ2v) is 14.9. The van der Waals surface area contributed by atoms with Gasteiger partial charge in [0.15, 0.2) is 6.04 Å². The van der Waals surface area contributed by atoms with Crippen molar-refractivity contribution in [3.05, 3.63) is 48.6 Å². The molecule has 0 aliphatic rings. The highest BCUT2D eigenvalue weighted by Gasteiger charge is 2.28. The summed E-state index contributed by atoms with van der Waals surface area (Å²) in [4.78, 5) is 45.8. The first-order valence-electron chi connectivity index (χ1n) is 20.2. The van der Waals surface area contributed by atoms with Crippen LogP contribution in [0.1, 0.15) is 162 Å². The molecular formula is C41H72NO10P. The molecule has 53 heavy (non-hydrogen) atoms. The Morgan fingerprint density at radius 2 is 1.09 bits per heavy atom. The molecule has 0 spiro atoms. The lowest BCUT2D eigenvalue weighted by atomic mass is 10.1. The van der Waals surface area contributed by atoms with Gasteiger partial charge >= 0.3 is 19.8 Å². The average molecular weight is 770 g/mol. The number of amides is 1. The SMILES string of the molecule is CC/C=C\C/C=C\C/C=C\CCCCCCCC(=O)OCC(O)COP(=O)(O)OCC(NC(=O)CCCCCCC/C=C\CCCCCCC)C(=O)O. The maximum atomic E-state index is 12.3. The minimum atomic E-state index is -4.76. The van der Waals surface area contributed by atoms with Crippen molar-refractivity contribution in [2.45, 2.75) is 174 Å². The number of allylic oxidation sites excluding steroid dienone is 8. The van der Waals surface area contributed by atoms with Gasteiger partial charge in [0.1, 0.15) is 12.7 Å². The molecule has 0 aromatic heterocycles. The van der Waals surface area contributed by atoms with Crippen LogP contribution in [0.3, 0.4) is 0 Å². The summed E-state index contributed by atoms with van der Waals surface area (Å²) < 4.78 is 26.7. The number of carbonyl (C=O) groups is 3. The van der Waals surface area contributed by atoms with Crippen LogP contribution in [0, 0.1) is 0 Å². The van der Waals surface area contributed by atoms with E-state index in [2.05, 4.69) is 67.8 Å². The summed E-state index contributed by atoms with van der Waals surface area (Å²) in [6.07, 6.45) is 38.5. The van der Waals surface area contributed by atoms with Crippen molar-refractivity contribution in [2.75, 3.05) is 19.8 Å². The van der Waals surface area contributed by atoms with Crippen LogP contribution in [0.4, 0.5) is 0 Å². The van der Waals surface area contributed by atoms with E-state index in [4.69, 9.17) is 13.8 Å². The first kappa shape index (κ1) is 50.4. The number of hydrogen-bond donors (Lipinski definition) is 4. The molecule has 0 heterocycles. The first-order valence-corrected chi connectivity index (χ1v) is 21.7. The Labute approximate surface area is 320 Å². The number of aliphatic hydroxyl groups is 1. The van der Waals surface area contributed by atoms with Gasteiger partial charge in [0.2, 0.25) is 5.91 Å². The van der Waals surface area contributed by atoms with E-state index in [1.54, 1.807) is 0 Å². The van der Waals surface area contributed by atoms with E-state index in [-0.39, 0.29) is 12.8 Å². The standard InChI is InChI=1S/C41H72NO10P/c1-3-5-7-9-11-13-15-17-19-21-23-25-27-29-31-33-40(45)50-34-37(43)35-51-53(48,49)52-36-38(41(46)47)42-39(44)32-30-28-26-24-22-20-18-16-14-12-10-8-6-4-2/h5,7,11,13,16-19,37-38,43H,3-4,6,8-10,12,14-15,20-36H2,1-2H3,(H,42,44)(H,46,47)(H,48,49)/b7-5-,13-11-,18-16-,19-17-. The Bertz CT molecular complexity index is 1090. The molecule has 1 amide bonds. The Hall–Kier alpha value is -2.56. The van der Waals surface area contributed by atoms with Gasteiger partial charge in [0.25, 0.3) is 0 Å². The highest BCUT2D eigenvalue weighted by Crippen LogP contribution is 2.43. The third kappa shape index (κ3) is 36.2. The second kappa shape index (κ2) is 36.4. The van der Waals surface area contributed by atoms with E-state index >= 15 is 0 Å². The molecule has 3 unspecified atom stereocenters. The van der Waals surface area contributed by atoms with E-state index < -0.39 is 57.6 Å². The van der Waals surface area contributed by atoms with Crippen molar-refractivity contribution in [3.63, 3.8) is 0 Å². The number of carboxylic acid groups (broad SMARTS) is 1. The molecule has 12 heteroatoms. The molecule has 0 saturated carbocycles. The zero-order valence-electron chi connectivity index (χ0n) is 32.8. The highest BCUT2D eigenvalue weighted by molar-refractivity contribution is 7.47. The Kier molecular flexibility index (Phi) is 34.7. The van der Waals surface area contributed by atoms with Gasteiger partial charge in [-0.2, -0.15) is 0 Å². The van der Waals surface area contributed by atoms with Crippen LogP contribution in [0.2, 0.25) is 0 Å². The molecule has 0 rings (SSSR count). The number of esters is 1. The van der Waals surface area contributed by atoms with Gasteiger partial charge in [-0.25, -0.2) is 9.36 Å². The van der Waals surface area contributed by atoms with Gasteiger partial charge in [0, 0.05) is 12.8 Å². The molecule has 0 fully saturated rings. The number of unbranched alkanes of at least 4 members (excludes halogenated alkanes) is 15. The fraction of sp³-hybridized carbons (Fsp3) is 0.732. The van der Waals surface area contributed by atoms with Crippen LogP contribution >= 0.6 is 7.82 Å². The number of ether oxygens (including phenoxy) is 1. The van der Waals surface area contributed by atoms with Gasteiger partial charge in [0.05, 0.1) is 13.2 Å². The van der Waals surface area contributed by atoms with E-state index in [0.29, 0.717) is 12.8 Å². The number of phosphoric acid groups is 1. The van der Waals surface area contributed by atoms with E-state index in [1.807, 2.05) is 0 Å². The van der Waals surface area contributed by atoms with Crippen molar-refractivity contribution in [2.24, 2.45) is 0 Å². The number of aliphatic hydroxyl groups excluding tert-OH is 1. The van der Waals surface area contributed by atoms with Crippen LogP contribution < -0.4 is 5.32 Å². The summed E-state index contributed by atoms with van der Waals surface area (Å²) in [7, 11) is -4.76. The molecule has 0 radical (unpaired) electrons. The lowest BCUT2D eigenvalue weighted by molar-refractivity contribution is -0.147.